The molecule has 0 aromatic heterocycles. The van der Waals surface area contributed by atoms with E-state index >= 15 is 0 Å². The van der Waals surface area contributed by atoms with Crippen molar-refractivity contribution in [3.05, 3.63) is 0 Å². The number of amides is 2. The Morgan fingerprint density at radius 2 is 1.83 bits per heavy atom. The summed E-state index contributed by atoms with van der Waals surface area (Å²) in [6, 6.07) is 1.48. The van der Waals surface area contributed by atoms with Crippen LogP contribution in [0, 0.1) is 11.8 Å². The van der Waals surface area contributed by atoms with E-state index < -0.39 is 6.17 Å². The lowest BCUT2D eigenvalue weighted by atomic mass is 9.77. The van der Waals surface area contributed by atoms with Gasteiger partial charge >= 0.3 is 0 Å². The van der Waals surface area contributed by atoms with Gasteiger partial charge < -0.3 is 15.5 Å². The molecule has 2 bridgehead atoms. The second-order valence-corrected chi connectivity index (χ2v) is 10.7. The van der Waals surface area contributed by atoms with Crippen molar-refractivity contribution in [2.75, 3.05) is 13.1 Å². The third-order valence-corrected chi connectivity index (χ3v) is 8.80. The maximum atomic E-state index is 14.4. The fourth-order valence-corrected chi connectivity index (χ4v) is 7.23. The maximum Gasteiger partial charge on any atom is 0.237 e. The molecule has 9 unspecified atom stereocenters. The molecular formula is C23H37FN4O2. The van der Waals surface area contributed by atoms with Crippen LogP contribution in [0.3, 0.4) is 0 Å². The molecule has 2 saturated carbocycles. The van der Waals surface area contributed by atoms with E-state index in [9.17, 15) is 14.0 Å². The number of nitrogens with one attached hydrogen (secondary N) is 2. The highest BCUT2D eigenvalue weighted by atomic mass is 19.1. The van der Waals surface area contributed by atoms with Crippen LogP contribution in [-0.2, 0) is 9.59 Å². The highest BCUT2D eigenvalue weighted by Crippen LogP contribution is 2.39. The van der Waals surface area contributed by atoms with E-state index in [4.69, 9.17) is 0 Å². The molecule has 6 nitrogen and oxygen atoms in total. The Hall–Kier alpha value is -1.21. The first kappa shape index (κ1) is 20.7. The minimum atomic E-state index is -0.768. The van der Waals surface area contributed by atoms with Gasteiger partial charge in [0.2, 0.25) is 11.8 Å². The number of alkyl halides is 1. The van der Waals surface area contributed by atoms with Crippen LogP contribution in [0.2, 0.25) is 0 Å². The molecule has 3 heterocycles. The molecule has 30 heavy (non-hydrogen) atoms. The van der Waals surface area contributed by atoms with Gasteiger partial charge in [-0.3, -0.25) is 14.5 Å². The number of halogens is 1. The van der Waals surface area contributed by atoms with E-state index in [-0.39, 0.29) is 35.9 Å². The molecule has 168 valence electrons. The van der Waals surface area contributed by atoms with Gasteiger partial charge in [-0.05, 0) is 57.3 Å². The third-order valence-electron chi connectivity index (χ3n) is 8.80. The Labute approximate surface area is 179 Å². The smallest absolute Gasteiger partial charge is 0.237 e. The van der Waals surface area contributed by atoms with Gasteiger partial charge in [-0.2, -0.15) is 0 Å². The van der Waals surface area contributed by atoms with Gasteiger partial charge in [0, 0.05) is 56.1 Å². The molecular weight excluding hydrogens is 383 g/mol. The number of carbonyl (C=O) groups excluding carboxylic acids is 2. The molecule has 7 heteroatoms. The molecule has 0 aromatic carbocycles. The Balaban J connectivity index is 1.15. The Kier molecular flexibility index (Phi) is 5.55. The minimum absolute atomic E-state index is 0.00650. The predicted molar refractivity (Wildman–Crippen MR) is 113 cm³/mol. The summed E-state index contributed by atoms with van der Waals surface area (Å²) in [7, 11) is 0. The zero-order chi connectivity index (χ0) is 21.0. The topological polar surface area (TPSA) is 64.7 Å². The van der Waals surface area contributed by atoms with Crippen LogP contribution in [0.5, 0.6) is 0 Å². The van der Waals surface area contributed by atoms with Gasteiger partial charge in [0.15, 0.2) is 0 Å². The van der Waals surface area contributed by atoms with Gasteiger partial charge in [-0.1, -0.05) is 6.92 Å². The number of hydrogen-bond donors (Lipinski definition) is 2. The van der Waals surface area contributed by atoms with E-state index in [0.29, 0.717) is 36.9 Å². The lowest BCUT2D eigenvalue weighted by Crippen LogP contribution is -2.55. The van der Waals surface area contributed by atoms with Gasteiger partial charge in [0.1, 0.15) is 6.17 Å². The standard InChI is InChI=1S/C23H37FN4O2/c1-13-6-7-20(24)19-10-21(26-22(13)19)23(30)25-15-4-3-5-16(8-15)28-12-17-9-18(28)11-27(17)14(2)29/h13,15-22,26H,3-12H2,1-2H3,(H,25,30). The second-order valence-electron chi connectivity index (χ2n) is 10.7. The Bertz CT molecular complexity index is 672. The van der Waals surface area contributed by atoms with Crippen molar-refractivity contribution < 1.29 is 14.0 Å². The Morgan fingerprint density at radius 3 is 2.53 bits per heavy atom. The van der Waals surface area contributed by atoms with Crippen molar-refractivity contribution in [3.63, 3.8) is 0 Å². The molecule has 2 amide bonds. The summed E-state index contributed by atoms with van der Waals surface area (Å²) in [6.07, 6.45) is 6.86. The predicted octanol–water partition coefficient (Wildman–Crippen LogP) is 1.83. The van der Waals surface area contributed by atoms with Gasteiger partial charge in [-0.15, -0.1) is 0 Å². The average Bonchev–Trinajstić information content (AvgIpc) is 3.45. The number of likely N-dealkylation sites (tertiary alicyclic amines) is 2. The number of rotatable bonds is 3. The van der Waals surface area contributed by atoms with Crippen LogP contribution in [-0.4, -0.2) is 77.1 Å². The SMILES string of the molecule is CC(=O)N1CC2CC1CN2C1CCCC(NC(=O)C2CC3C(F)CCC(C)C3N2)C1. The highest BCUT2D eigenvalue weighted by Gasteiger charge is 2.48. The number of piperazine rings is 1. The van der Waals surface area contributed by atoms with E-state index in [0.717, 1.165) is 45.2 Å². The first-order valence-corrected chi connectivity index (χ1v) is 12.1. The first-order chi connectivity index (χ1) is 14.4. The van der Waals surface area contributed by atoms with Crippen molar-refractivity contribution in [1.82, 2.24) is 20.4 Å². The second kappa shape index (κ2) is 8.05. The fourth-order valence-electron chi connectivity index (χ4n) is 7.23. The average molecular weight is 421 g/mol. The first-order valence-electron chi connectivity index (χ1n) is 12.1. The molecule has 0 radical (unpaired) electrons. The summed E-state index contributed by atoms with van der Waals surface area (Å²) < 4.78 is 14.4. The van der Waals surface area contributed by atoms with Crippen LogP contribution in [0.25, 0.3) is 0 Å². The third kappa shape index (κ3) is 3.66. The molecule has 5 rings (SSSR count). The Morgan fingerprint density at radius 1 is 1.00 bits per heavy atom. The van der Waals surface area contributed by atoms with Crippen molar-refractivity contribution in [2.45, 2.75) is 108 Å². The van der Waals surface area contributed by atoms with Crippen molar-refractivity contribution in [1.29, 1.82) is 0 Å². The van der Waals surface area contributed by atoms with Crippen LogP contribution in [0.4, 0.5) is 4.39 Å². The van der Waals surface area contributed by atoms with E-state index in [2.05, 4.69) is 22.5 Å². The number of nitrogens with zero attached hydrogens (tertiary/aromatic N) is 2. The van der Waals surface area contributed by atoms with Crippen molar-refractivity contribution in [3.8, 4) is 0 Å². The molecule has 2 N–H and O–H groups in total. The lowest BCUT2D eigenvalue weighted by Gasteiger charge is -2.42. The molecule has 3 aliphatic heterocycles. The van der Waals surface area contributed by atoms with Crippen LogP contribution in [0.15, 0.2) is 0 Å². The van der Waals surface area contributed by atoms with E-state index in [1.165, 1.54) is 6.42 Å². The van der Waals surface area contributed by atoms with Crippen molar-refractivity contribution >= 4 is 11.8 Å². The largest absolute Gasteiger partial charge is 0.352 e. The molecule has 2 aliphatic carbocycles. The summed E-state index contributed by atoms with van der Waals surface area (Å²) in [5, 5.41) is 6.78. The monoisotopic (exact) mass is 420 g/mol. The van der Waals surface area contributed by atoms with E-state index in [1.807, 2.05) is 4.90 Å². The van der Waals surface area contributed by atoms with Gasteiger partial charge in [-0.25, -0.2) is 4.39 Å². The molecule has 0 spiro atoms. The number of fused-ring (bicyclic) bond motifs is 3. The summed E-state index contributed by atoms with van der Waals surface area (Å²) >= 11 is 0. The van der Waals surface area contributed by atoms with Crippen LogP contribution in [0.1, 0.15) is 65.2 Å². The zero-order valence-electron chi connectivity index (χ0n) is 18.4. The maximum absolute atomic E-state index is 14.4. The van der Waals surface area contributed by atoms with E-state index in [1.54, 1.807) is 6.92 Å². The fraction of sp³-hybridized carbons (Fsp3) is 0.913. The number of hydrogen-bond acceptors (Lipinski definition) is 4. The zero-order valence-corrected chi connectivity index (χ0v) is 18.4. The summed E-state index contributed by atoms with van der Waals surface area (Å²) in [6.45, 7) is 5.71. The normalized spacial score (nSPS) is 46.1. The summed E-state index contributed by atoms with van der Waals surface area (Å²) in [4.78, 5) is 29.4. The van der Waals surface area contributed by atoms with Gasteiger partial charge in [0.25, 0.3) is 0 Å². The molecule has 0 aromatic rings. The molecule has 5 fully saturated rings. The summed E-state index contributed by atoms with van der Waals surface area (Å²) in [5.41, 5.74) is 0. The lowest BCUT2D eigenvalue weighted by molar-refractivity contribution is -0.131. The highest BCUT2D eigenvalue weighted by molar-refractivity contribution is 5.82. The van der Waals surface area contributed by atoms with Crippen molar-refractivity contribution in [2.24, 2.45) is 11.8 Å². The number of carbonyl (C=O) groups is 2. The summed E-state index contributed by atoms with van der Waals surface area (Å²) in [5.74, 6) is 0.706. The van der Waals surface area contributed by atoms with Crippen LogP contribution < -0.4 is 10.6 Å². The minimum Gasteiger partial charge on any atom is -0.352 e. The molecule has 5 aliphatic rings. The molecule has 3 saturated heterocycles. The van der Waals surface area contributed by atoms with Crippen LogP contribution >= 0.6 is 0 Å². The van der Waals surface area contributed by atoms with Gasteiger partial charge in [0.05, 0.1) is 6.04 Å². The molecule has 9 atom stereocenters. The quantitative estimate of drug-likeness (QED) is 0.731.